The minimum absolute atomic E-state index is 0.314. The molecule has 0 spiro atoms. The molecule has 0 fully saturated rings. The topological polar surface area (TPSA) is 68.0 Å². The number of thiazole rings is 1. The van der Waals surface area contributed by atoms with Crippen LogP contribution in [0, 0.1) is 20.8 Å². The van der Waals surface area contributed by atoms with Crippen LogP contribution < -0.4 is 0 Å². The van der Waals surface area contributed by atoms with E-state index in [1.54, 1.807) is 6.92 Å². The first-order valence-electron chi connectivity index (χ1n) is 7.56. The fourth-order valence-electron chi connectivity index (χ4n) is 2.73. The summed E-state index contributed by atoms with van der Waals surface area (Å²) in [5.74, 6) is 0.0821. The van der Waals surface area contributed by atoms with Crippen molar-refractivity contribution < 1.29 is 9.90 Å². The van der Waals surface area contributed by atoms with Crippen molar-refractivity contribution in [2.24, 2.45) is 0 Å². The molecule has 23 heavy (non-hydrogen) atoms. The normalized spacial score (nSPS) is 11.3. The number of hydrogen-bond acceptors (Lipinski definition) is 4. The van der Waals surface area contributed by atoms with Crippen molar-refractivity contribution in [1.82, 2.24) is 14.5 Å². The Balaban J connectivity index is 2.10. The Bertz CT molecular complexity index is 908. The third-order valence-electron chi connectivity index (χ3n) is 4.09. The van der Waals surface area contributed by atoms with Crippen molar-refractivity contribution in [2.75, 3.05) is 0 Å². The highest BCUT2D eigenvalue weighted by molar-refractivity contribution is 7.13. The Labute approximate surface area is 138 Å². The van der Waals surface area contributed by atoms with E-state index in [2.05, 4.69) is 42.5 Å². The van der Waals surface area contributed by atoms with Crippen molar-refractivity contribution in [2.45, 2.75) is 40.7 Å². The molecule has 0 aliphatic heterocycles. The molecular formula is C17H19N3O2S. The fourth-order valence-corrected chi connectivity index (χ4v) is 3.62. The largest absolute Gasteiger partial charge is 0.477 e. The Morgan fingerprint density at radius 1 is 1.22 bits per heavy atom. The van der Waals surface area contributed by atoms with Crippen LogP contribution in [-0.4, -0.2) is 25.6 Å². The maximum absolute atomic E-state index is 11.2. The van der Waals surface area contributed by atoms with Crippen LogP contribution in [0.15, 0.2) is 12.1 Å². The minimum Gasteiger partial charge on any atom is -0.477 e. The van der Waals surface area contributed by atoms with Gasteiger partial charge in [0.1, 0.15) is 15.7 Å². The van der Waals surface area contributed by atoms with Crippen LogP contribution in [-0.2, 0) is 13.0 Å². The SMILES string of the molecule is CCc1nc2cc(C)c(C)cc2n1Cc1nc(C)c(C(=O)O)s1. The Morgan fingerprint density at radius 2 is 1.91 bits per heavy atom. The van der Waals surface area contributed by atoms with Gasteiger partial charge < -0.3 is 9.67 Å². The van der Waals surface area contributed by atoms with E-state index in [1.165, 1.54) is 22.5 Å². The molecule has 0 radical (unpaired) electrons. The third-order valence-corrected chi connectivity index (χ3v) is 5.22. The number of carbonyl (C=O) groups is 1. The molecule has 2 aromatic heterocycles. The lowest BCUT2D eigenvalue weighted by Gasteiger charge is -2.07. The zero-order chi connectivity index (χ0) is 16.7. The third kappa shape index (κ3) is 2.74. The molecule has 120 valence electrons. The Morgan fingerprint density at radius 3 is 2.52 bits per heavy atom. The average molecular weight is 329 g/mol. The summed E-state index contributed by atoms with van der Waals surface area (Å²) in [6.07, 6.45) is 0.822. The van der Waals surface area contributed by atoms with Crippen LogP contribution in [0.2, 0.25) is 0 Å². The second-order valence-corrected chi connectivity index (χ2v) is 6.80. The zero-order valence-corrected chi connectivity index (χ0v) is 14.5. The monoisotopic (exact) mass is 329 g/mol. The van der Waals surface area contributed by atoms with Crippen molar-refractivity contribution in [1.29, 1.82) is 0 Å². The lowest BCUT2D eigenvalue weighted by atomic mass is 10.1. The van der Waals surface area contributed by atoms with Crippen molar-refractivity contribution in [3.8, 4) is 0 Å². The van der Waals surface area contributed by atoms with E-state index >= 15 is 0 Å². The number of hydrogen-bond donors (Lipinski definition) is 1. The molecule has 0 aliphatic carbocycles. The van der Waals surface area contributed by atoms with Crippen LogP contribution in [0.4, 0.5) is 0 Å². The van der Waals surface area contributed by atoms with Gasteiger partial charge in [-0.25, -0.2) is 14.8 Å². The number of aromatic nitrogens is 3. The molecule has 2 heterocycles. The molecule has 1 N–H and O–H groups in total. The van der Waals surface area contributed by atoms with E-state index < -0.39 is 5.97 Å². The van der Waals surface area contributed by atoms with Gasteiger partial charge in [0.05, 0.1) is 23.3 Å². The molecular weight excluding hydrogens is 310 g/mol. The summed E-state index contributed by atoms with van der Waals surface area (Å²) in [5.41, 5.74) is 5.09. The van der Waals surface area contributed by atoms with Gasteiger partial charge in [0, 0.05) is 6.42 Å². The van der Waals surface area contributed by atoms with Gasteiger partial charge >= 0.3 is 5.97 Å². The fraction of sp³-hybridized carbons (Fsp3) is 0.353. The van der Waals surface area contributed by atoms with Crippen LogP contribution in [0.1, 0.15) is 44.2 Å². The molecule has 3 rings (SSSR count). The van der Waals surface area contributed by atoms with E-state index in [-0.39, 0.29) is 0 Å². The summed E-state index contributed by atoms with van der Waals surface area (Å²) < 4.78 is 2.14. The molecule has 1 aromatic carbocycles. The van der Waals surface area contributed by atoms with Gasteiger partial charge in [0.2, 0.25) is 0 Å². The number of rotatable bonds is 4. The number of carboxylic acid groups (broad SMARTS) is 1. The van der Waals surface area contributed by atoms with Gasteiger partial charge in [-0.3, -0.25) is 0 Å². The maximum atomic E-state index is 11.2. The molecule has 0 saturated carbocycles. The number of imidazole rings is 1. The summed E-state index contributed by atoms with van der Waals surface area (Å²) in [6.45, 7) is 8.55. The minimum atomic E-state index is -0.913. The van der Waals surface area contributed by atoms with Crippen molar-refractivity contribution in [3.05, 3.63) is 44.7 Å². The predicted octanol–water partition coefficient (Wildman–Crippen LogP) is 3.73. The molecule has 0 amide bonds. The van der Waals surface area contributed by atoms with Crippen LogP contribution in [0.3, 0.4) is 0 Å². The van der Waals surface area contributed by atoms with E-state index in [0.717, 1.165) is 28.3 Å². The Kier molecular flexibility index (Phi) is 3.93. The molecule has 0 saturated heterocycles. The standard InChI is InChI=1S/C17H19N3O2S/c1-5-14-19-12-6-9(2)10(3)7-13(12)20(14)8-15-18-11(4)16(23-15)17(21)22/h6-7H,5,8H2,1-4H3,(H,21,22). The number of nitrogens with zero attached hydrogens (tertiary/aromatic N) is 3. The van der Waals surface area contributed by atoms with Gasteiger partial charge in [0.15, 0.2) is 0 Å². The number of carboxylic acids is 1. The molecule has 0 unspecified atom stereocenters. The van der Waals surface area contributed by atoms with Gasteiger partial charge in [-0.15, -0.1) is 11.3 Å². The summed E-state index contributed by atoms with van der Waals surface area (Å²) in [6, 6.07) is 4.26. The van der Waals surface area contributed by atoms with Gasteiger partial charge in [-0.1, -0.05) is 6.92 Å². The zero-order valence-electron chi connectivity index (χ0n) is 13.7. The summed E-state index contributed by atoms with van der Waals surface area (Å²) >= 11 is 1.24. The quantitative estimate of drug-likeness (QED) is 0.792. The second-order valence-electron chi connectivity index (χ2n) is 5.72. The second kappa shape index (κ2) is 5.77. The molecule has 0 bridgehead atoms. The predicted molar refractivity (Wildman–Crippen MR) is 91.5 cm³/mol. The summed E-state index contributed by atoms with van der Waals surface area (Å²) in [7, 11) is 0. The molecule has 3 aromatic rings. The number of aryl methyl sites for hydroxylation is 4. The number of fused-ring (bicyclic) bond motifs is 1. The molecule has 0 atom stereocenters. The Hall–Kier alpha value is -2.21. The highest BCUT2D eigenvalue weighted by Crippen LogP contribution is 2.25. The van der Waals surface area contributed by atoms with Gasteiger partial charge in [-0.05, 0) is 44.0 Å². The first kappa shape index (κ1) is 15.7. The smallest absolute Gasteiger partial charge is 0.347 e. The lowest BCUT2D eigenvalue weighted by Crippen LogP contribution is -2.04. The number of aromatic carboxylic acids is 1. The van der Waals surface area contributed by atoms with E-state index in [9.17, 15) is 9.90 Å². The van der Waals surface area contributed by atoms with Crippen LogP contribution in [0.5, 0.6) is 0 Å². The highest BCUT2D eigenvalue weighted by atomic mass is 32.1. The van der Waals surface area contributed by atoms with E-state index in [4.69, 9.17) is 4.98 Å². The average Bonchev–Trinajstić information content (AvgIpc) is 3.01. The first-order chi connectivity index (χ1) is 10.9. The molecule has 6 heteroatoms. The molecule has 5 nitrogen and oxygen atoms in total. The molecule has 0 aliphatic rings. The van der Waals surface area contributed by atoms with E-state index in [1.807, 2.05) is 0 Å². The first-order valence-corrected chi connectivity index (χ1v) is 8.38. The van der Waals surface area contributed by atoms with Crippen LogP contribution >= 0.6 is 11.3 Å². The lowest BCUT2D eigenvalue weighted by molar-refractivity contribution is 0.0701. The summed E-state index contributed by atoms with van der Waals surface area (Å²) in [5, 5.41) is 9.99. The van der Waals surface area contributed by atoms with Crippen LogP contribution in [0.25, 0.3) is 11.0 Å². The van der Waals surface area contributed by atoms with Gasteiger partial charge in [0.25, 0.3) is 0 Å². The summed E-state index contributed by atoms with van der Waals surface area (Å²) in [4.78, 5) is 20.7. The van der Waals surface area contributed by atoms with Crippen molar-refractivity contribution >= 4 is 28.3 Å². The van der Waals surface area contributed by atoms with Crippen molar-refractivity contribution in [3.63, 3.8) is 0 Å². The van der Waals surface area contributed by atoms with Gasteiger partial charge in [-0.2, -0.15) is 0 Å². The highest BCUT2D eigenvalue weighted by Gasteiger charge is 2.17. The number of benzene rings is 1. The maximum Gasteiger partial charge on any atom is 0.347 e. The van der Waals surface area contributed by atoms with E-state index in [0.29, 0.717) is 17.1 Å².